The first-order valence-corrected chi connectivity index (χ1v) is 13.0. The molecule has 0 spiro atoms. The van der Waals surface area contributed by atoms with Crippen LogP contribution in [0.2, 0.25) is 0 Å². The Morgan fingerprint density at radius 1 is 0.872 bits per heavy atom. The summed E-state index contributed by atoms with van der Waals surface area (Å²) in [6, 6.07) is 19.9. The largest absolute Gasteiger partial charge is 0.369 e. The molecule has 39 heavy (non-hydrogen) atoms. The molecular weight excluding hydrogens is 490 g/mol. The van der Waals surface area contributed by atoms with Gasteiger partial charge >= 0.3 is 0 Å². The van der Waals surface area contributed by atoms with Gasteiger partial charge in [0.2, 0.25) is 5.95 Å². The van der Waals surface area contributed by atoms with Gasteiger partial charge in [-0.05, 0) is 68.1 Å². The van der Waals surface area contributed by atoms with Gasteiger partial charge in [-0.2, -0.15) is 9.50 Å². The Morgan fingerprint density at radius 2 is 1.69 bits per heavy atom. The van der Waals surface area contributed by atoms with E-state index in [1.165, 1.54) is 11.9 Å². The highest BCUT2D eigenvalue weighted by Crippen LogP contribution is 2.26. The van der Waals surface area contributed by atoms with E-state index in [9.17, 15) is 4.79 Å². The Balaban J connectivity index is 1.29. The van der Waals surface area contributed by atoms with Gasteiger partial charge in [0, 0.05) is 55.3 Å². The number of fused-ring (bicyclic) bond motifs is 4. The molecule has 7 rings (SSSR count). The van der Waals surface area contributed by atoms with E-state index in [4.69, 9.17) is 4.98 Å². The van der Waals surface area contributed by atoms with E-state index in [0.717, 1.165) is 48.3 Å². The average molecular weight is 518 g/mol. The number of benzene rings is 2. The number of likely N-dealkylation sites (N-methyl/N-ethyl adjacent to an activating group) is 1. The number of hydrogen-bond donors (Lipinski definition) is 1. The standard InChI is InChI=1S/C29H27N9O/c1-19-6-11-22-24(17-19)37(25-5-3-4-12-30-25)38-27(22)33-26-23(28(38)39)18-31-29(34-26)32-20-7-9-21(10-8-20)36-15-13-35(2)14-16-36/h3-12,17-18H,13-16H2,1-2H3,(H,31,32,34). The first kappa shape index (κ1) is 23.3. The summed E-state index contributed by atoms with van der Waals surface area (Å²) in [5.74, 6) is 1.01. The van der Waals surface area contributed by atoms with Crippen LogP contribution >= 0.6 is 0 Å². The number of hydrogen-bond acceptors (Lipinski definition) is 8. The number of rotatable bonds is 4. The molecule has 0 aliphatic carbocycles. The number of anilines is 3. The van der Waals surface area contributed by atoms with Crippen LogP contribution in [0.1, 0.15) is 5.56 Å². The molecule has 6 aromatic rings. The van der Waals surface area contributed by atoms with Gasteiger partial charge in [0.05, 0.1) is 5.52 Å². The lowest BCUT2D eigenvalue weighted by Gasteiger charge is -2.34. The Morgan fingerprint density at radius 3 is 2.46 bits per heavy atom. The molecule has 1 aliphatic rings. The van der Waals surface area contributed by atoms with Gasteiger partial charge in [0.25, 0.3) is 5.56 Å². The molecule has 4 aromatic heterocycles. The molecule has 0 radical (unpaired) electrons. The predicted molar refractivity (Wildman–Crippen MR) is 153 cm³/mol. The van der Waals surface area contributed by atoms with Crippen molar-refractivity contribution in [3.63, 3.8) is 0 Å². The van der Waals surface area contributed by atoms with Gasteiger partial charge in [0.1, 0.15) is 5.39 Å². The molecule has 0 unspecified atom stereocenters. The SMILES string of the molecule is Cc1ccc2c(c1)n(-c1ccccn1)n1c(=O)c3cnc(Nc4ccc(N5CCN(C)CC5)cc4)nc3nc21. The monoisotopic (exact) mass is 517 g/mol. The van der Waals surface area contributed by atoms with Crippen LogP contribution in [0.4, 0.5) is 17.3 Å². The molecule has 0 amide bonds. The van der Waals surface area contributed by atoms with Crippen LogP contribution in [-0.2, 0) is 0 Å². The van der Waals surface area contributed by atoms with Crippen molar-refractivity contribution in [2.45, 2.75) is 6.92 Å². The zero-order valence-electron chi connectivity index (χ0n) is 21.7. The van der Waals surface area contributed by atoms with E-state index in [1.807, 2.05) is 55.5 Å². The van der Waals surface area contributed by atoms with E-state index >= 15 is 0 Å². The number of pyridine rings is 1. The molecular formula is C29H27N9O. The minimum absolute atomic E-state index is 0.252. The van der Waals surface area contributed by atoms with Crippen LogP contribution in [0.15, 0.2) is 77.9 Å². The highest BCUT2D eigenvalue weighted by atomic mass is 16.1. The maximum Gasteiger partial charge on any atom is 0.284 e. The van der Waals surface area contributed by atoms with Crippen molar-refractivity contribution >= 4 is 44.9 Å². The van der Waals surface area contributed by atoms with E-state index in [1.54, 1.807) is 15.4 Å². The van der Waals surface area contributed by atoms with Crippen molar-refractivity contribution in [3.8, 4) is 5.82 Å². The second-order valence-electron chi connectivity index (χ2n) is 9.97. The van der Waals surface area contributed by atoms with Crippen molar-refractivity contribution < 1.29 is 0 Å². The van der Waals surface area contributed by atoms with Crippen molar-refractivity contribution in [2.75, 3.05) is 43.4 Å². The average Bonchev–Trinajstić information content (AvgIpc) is 3.28. The van der Waals surface area contributed by atoms with Crippen molar-refractivity contribution in [1.82, 2.24) is 34.0 Å². The van der Waals surface area contributed by atoms with E-state index in [0.29, 0.717) is 28.4 Å². The Bertz CT molecular complexity index is 1890. The quantitative estimate of drug-likeness (QED) is 0.378. The summed E-state index contributed by atoms with van der Waals surface area (Å²) in [7, 11) is 2.15. The zero-order valence-corrected chi connectivity index (χ0v) is 21.7. The third kappa shape index (κ3) is 4.05. The molecule has 0 bridgehead atoms. The van der Waals surface area contributed by atoms with Gasteiger partial charge in [-0.1, -0.05) is 12.1 Å². The zero-order chi connectivity index (χ0) is 26.5. The fraction of sp³-hybridized carbons (Fsp3) is 0.207. The summed E-state index contributed by atoms with van der Waals surface area (Å²) in [4.78, 5) is 36.9. The van der Waals surface area contributed by atoms with Crippen LogP contribution in [0.25, 0.3) is 33.4 Å². The minimum Gasteiger partial charge on any atom is -0.369 e. The summed E-state index contributed by atoms with van der Waals surface area (Å²) < 4.78 is 3.36. The van der Waals surface area contributed by atoms with E-state index < -0.39 is 0 Å². The van der Waals surface area contributed by atoms with Gasteiger partial charge in [-0.15, -0.1) is 0 Å². The number of aryl methyl sites for hydroxylation is 1. The fourth-order valence-electron chi connectivity index (χ4n) is 5.15. The summed E-state index contributed by atoms with van der Waals surface area (Å²) in [5, 5.41) is 4.44. The molecule has 0 atom stereocenters. The molecule has 1 aliphatic heterocycles. The Labute approximate surface area is 224 Å². The van der Waals surface area contributed by atoms with Crippen LogP contribution in [0, 0.1) is 6.92 Å². The van der Waals surface area contributed by atoms with Crippen LogP contribution in [0.5, 0.6) is 0 Å². The highest BCUT2D eigenvalue weighted by molar-refractivity contribution is 5.96. The smallest absolute Gasteiger partial charge is 0.284 e. The molecule has 1 saturated heterocycles. The number of nitrogens with zero attached hydrogens (tertiary/aromatic N) is 8. The first-order valence-electron chi connectivity index (χ1n) is 13.0. The molecule has 0 saturated carbocycles. The lowest BCUT2D eigenvalue weighted by Crippen LogP contribution is -2.44. The Hall–Kier alpha value is -4.83. The fourth-order valence-corrected chi connectivity index (χ4v) is 5.15. The van der Waals surface area contributed by atoms with E-state index in [-0.39, 0.29) is 5.56 Å². The summed E-state index contributed by atoms with van der Waals surface area (Å²) in [6.45, 7) is 6.18. The van der Waals surface area contributed by atoms with Crippen LogP contribution in [0.3, 0.4) is 0 Å². The predicted octanol–water partition coefficient (Wildman–Crippen LogP) is 3.78. The number of piperazine rings is 1. The van der Waals surface area contributed by atoms with E-state index in [2.05, 4.69) is 49.2 Å². The number of aromatic nitrogens is 6. The van der Waals surface area contributed by atoms with Crippen molar-refractivity contribution in [1.29, 1.82) is 0 Å². The minimum atomic E-state index is -0.252. The van der Waals surface area contributed by atoms with Gasteiger partial charge in [-0.3, -0.25) is 4.79 Å². The summed E-state index contributed by atoms with van der Waals surface area (Å²) in [5.41, 5.74) is 4.60. The normalized spacial score (nSPS) is 14.5. The van der Waals surface area contributed by atoms with Crippen LogP contribution < -0.4 is 15.8 Å². The topological polar surface area (TPSA) is 96.5 Å². The summed E-state index contributed by atoms with van der Waals surface area (Å²) >= 11 is 0. The van der Waals surface area contributed by atoms with Crippen molar-refractivity contribution in [2.24, 2.45) is 0 Å². The van der Waals surface area contributed by atoms with Gasteiger partial charge in [0.15, 0.2) is 17.1 Å². The highest BCUT2D eigenvalue weighted by Gasteiger charge is 2.19. The van der Waals surface area contributed by atoms with Gasteiger partial charge < -0.3 is 15.1 Å². The number of nitrogens with one attached hydrogen (secondary N) is 1. The Kier molecular flexibility index (Phi) is 5.48. The molecule has 194 valence electrons. The van der Waals surface area contributed by atoms with Crippen LogP contribution in [-0.4, -0.2) is 67.3 Å². The summed E-state index contributed by atoms with van der Waals surface area (Å²) in [6.07, 6.45) is 3.25. The third-order valence-corrected chi connectivity index (χ3v) is 7.28. The van der Waals surface area contributed by atoms with Crippen molar-refractivity contribution in [3.05, 3.63) is 89.0 Å². The molecule has 10 nitrogen and oxygen atoms in total. The lowest BCUT2D eigenvalue weighted by molar-refractivity contribution is 0.313. The lowest BCUT2D eigenvalue weighted by atomic mass is 10.2. The molecule has 1 N–H and O–H groups in total. The second-order valence-corrected chi connectivity index (χ2v) is 9.97. The third-order valence-electron chi connectivity index (χ3n) is 7.28. The molecule has 1 fully saturated rings. The second kappa shape index (κ2) is 9.17. The maximum atomic E-state index is 13.8. The molecule has 10 heteroatoms. The molecule has 5 heterocycles. The molecule has 2 aromatic carbocycles. The van der Waals surface area contributed by atoms with Gasteiger partial charge in [-0.25, -0.2) is 19.6 Å². The maximum absolute atomic E-state index is 13.8. The first-order chi connectivity index (χ1) is 19.0.